The molecule has 0 aliphatic rings. The highest BCUT2D eigenvalue weighted by molar-refractivity contribution is 7.89. The van der Waals surface area contributed by atoms with Crippen molar-refractivity contribution in [1.82, 2.24) is 9.62 Å². The molecule has 0 saturated carbocycles. The quantitative estimate of drug-likeness (QED) is 0.878. The van der Waals surface area contributed by atoms with Gasteiger partial charge in [-0.1, -0.05) is 24.3 Å². The van der Waals surface area contributed by atoms with Crippen LogP contribution in [0.2, 0.25) is 0 Å². The highest BCUT2D eigenvalue weighted by atomic mass is 32.2. The van der Waals surface area contributed by atoms with Crippen molar-refractivity contribution < 1.29 is 13.2 Å². The second-order valence-corrected chi connectivity index (χ2v) is 7.90. The van der Waals surface area contributed by atoms with Crippen molar-refractivity contribution in [2.45, 2.75) is 17.9 Å². The van der Waals surface area contributed by atoms with Gasteiger partial charge in [0, 0.05) is 11.9 Å². The number of carbonyl (C=O) groups is 1. The third-order valence-electron chi connectivity index (χ3n) is 3.17. The van der Waals surface area contributed by atoms with Gasteiger partial charge in [-0.2, -0.15) is 4.31 Å². The minimum atomic E-state index is -3.65. The number of nitrogens with one attached hydrogen (secondary N) is 1. The van der Waals surface area contributed by atoms with Crippen LogP contribution in [0.25, 0.3) is 0 Å². The molecule has 2 rings (SSSR count). The Morgan fingerprint density at radius 3 is 2.50 bits per heavy atom. The fraction of sp³-hybridized carbons (Fsp3) is 0.267. The molecule has 7 heteroatoms. The van der Waals surface area contributed by atoms with E-state index in [2.05, 4.69) is 5.32 Å². The van der Waals surface area contributed by atoms with Crippen molar-refractivity contribution in [3.8, 4) is 0 Å². The smallest absolute Gasteiger partial charge is 0.243 e. The number of amides is 1. The Bertz CT molecular complexity index is 713. The number of likely N-dealkylation sites (N-methyl/N-ethyl adjacent to an activating group) is 1. The van der Waals surface area contributed by atoms with E-state index in [4.69, 9.17) is 0 Å². The molecule has 0 unspecified atom stereocenters. The molecule has 0 fully saturated rings. The summed E-state index contributed by atoms with van der Waals surface area (Å²) in [6, 6.07) is 11.8. The van der Waals surface area contributed by atoms with Gasteiger partial charge in [0.1, 0.15) is 0 Å². The SMILES string of the molecule is C[C@@H](NC(=O)CN(C)S(=O)(=O)c1ccccc1)c1cccs1. The zero-order valence-electron chi connectivity index (χ0n) is 12.4. The van der Waals surface area contributed by atoms with Crippen LogP contribution >= 0.6 is 11.3 Å². The number of hydrogen-bond acceptors (Lipinski definition) is 4. The Kier molecular flexibility index (Phi) is 5.33. The molecule has 1 atom stereocenters. The molecule has 1 aromatic carbocycles. The van der Waals surface area contributed by atoms with Gasteiger partial charge in [0.25, 0.3) is 0 Å². The molecule has 2 aromatic rings. The first-order valence-corrected chi connectivity index (χ1v) is 9.07. The summed E-state index contributed by atoms with van der Waals surface area (Å²) in [6.45, 7) is 1.66. The maximum atomic E-state index is 12.3. The molecule has 1 aromatic heterocycles. The molecular weight excluding hydrogens is 320 g/mol. The van der Waals surface area contributed by atoms with Gasteiger partial charge in [0.15, 0.2) is 0 Å². The lowest BCUT2D eigenvalue weighted by atomic mass is 10.3. The summed E-state index contributed by atoms with van der Waals surface area (Å²) in [6.07, 6.45) is 0. The average molecular weight is 338 g/mol. The maximum Gasteiger partial charge on any atom is 0.243 e. The second-order valence-electron chi connectivity index (χ2n) is 4.88. The lowest BCUT2D eigenvalue weighted by Crippen LogP contribution is -2.39. The lowest BCUT2D eigenvalue weighted by Gasteiger charge is -2.18. The van der Waals surface area contributed by atoms with Crippen LogP contribution in [0.5, 0.6) is 0 Å². The van der Waals surface area contributed by atoms with Gasteiger partial charge < -0.3 is 5.32 Å². The van der Waals surface area contributed by atoms with Gasteiger partial charge >= 0.3 is 0 Å². The number of benzene rings is 1. The van der Waals surface area contributed by atoms with E-state index < -0.39 is 10.0 Å². The van der Waals surface area contributed by atoms with Crippen molar-refractivity contribution in [2.75, 3.05) is 13.6 Å². The van der Waals surface area contributed by atoms with Crippen LogP contribution in [0.15, 0.2) is 52.7 Å². The van der Waals surface area contributed by atoms with E-state index in [-0.39, 0.29) is 23.4 Å². The predicted molar refractivity (Wildman–Crippen MR) is 87.1 cm³/mol. The van der Waals surface area contributed by atoms with Crippen molar-refractivity contribution in [2.24, 2.45) is 0 Å². The molecule has 5 nitrogen and oxygen atoms in total. The molecule has 1 amide bonds. The number of hydrogen-bond donors (Lipinski definition) is 1. The zero-order valence-corrected chi connectivity index (χ0v) is 14.0. The van der Waals surface area contributed by atoms with E-state index in [1.807, 2.05) is 24.4 Å². The number of rotatable bonds is 6. The molecule has 0 aliphatic carbocycles. The number of thiophene rings is 1. The average Bonchev–Trinajstić information content (AvgIpc) is 3.02. The highest BCUT2D eigenvalue weighted by Gasteiger charge is 2.23. The zero-order chi connectivity index (χ0) is 16.2. The molecule has 0 radical (unpaired) electrons. The summed E-state index contributed by atoms with van der Waals surface area (Å²) >= 11 is 1.55. The minimum absolute atomic E-state index is 0.139. The Morgan fingerprint density at radius 1 is 1.23 bits per heavy atom. The molecule has 22 heavy (non-hydrogen) atoms. The number of carbonyl (C=O) groups excluding carboxylic acids is 1. The van der Waals surface area contributed by atoms with Crippen LogP contribution in [0, 0.1) is 0 Å². The minimum Gasteiger partial charge on any atom is -0.348 e. The second kappa shape index (κ2) is 7.04. The normalized spacial score (nSPS) is 13.0. The fourth-order valence-corrected chi connectivity index (χ4v) is 3.84. The monoisotopic (exact) mass is 338 g/mol. The van der Waals surface area contributed by atoms with Gasteiger partial charge in [-0.3, -0.25) is 4.79 Å². The van der Waals surface area contributed by atoms with E-state index in [1.165, 1.54) is 19.2 Å². The summed E-state index contributed by atoms with van der Waals surface area (Å²) in [4.78, 5) is 13.2. The number of sulfonamides is 1. The highest BCUT2D eigenvalue weighted by Crippen LogP contribution is 2.18. The van der Waals surface area contributed by atoms with Crippen molar-refractivity contribution in [1.29, 1.82) is 0 Å². The molecule has 118 valence electrons. The van der Waals surface area contributed by atoms with E-state index in [0.717, 1.165) is 9.18 Å². The van der Waals surface area contributed by atoms with Gasteiger partial charge in [0.05, 0.1) is 17.5 Å². The van der Waals surface area contributed by atoms with Gasteiger partial charge in [0.2, 0.25) is 15.9 Å². The van der Waals surface area contributed by atoms with Crippen LogP contribution in [0.1, 0.15) is 17.8 Å². The van der Waals surface area contributed by atoms with Gasteiger partial charge in [-0.05, 0) is 30.5 Å². The first-order valence-electron chi connectivity index (χ1n) is 6.75. The van der Waals surface area contributed by atoms with Crippen LogP contribution in [-0.2, 0) is 14.8 Å². The molecule has 1 N–H and O–H groups in total. The summed E-state index contributed by atoms with van der Waals surface area (Å²) in [7, 11) is -2.25. The van der Waals surface area contributed by atoms with Crippen LogP contribution in [-0.4, -0.2) is 32.2 Å². The first kappa shape index (κ1) is 16.7. The molecule has 0 aliphatic heterocycles. The van der Waals surface area contributed by atoms with E-state index >= 15 is 0 Å². The standard InChI is InChI=1S/C15H18N2O3S2/c1-12(14-9-6-10-21-14)16-15(18)11-17(2)22(19,20)13-7-4-3-5-8-13/h3-10,12H,11H2,1-2H3,(H,16,18)/t12-/m1/s1. The Morgan fingerprint density at radius 2 is 1.91 bits per heavy atom. The van der Waals surface area contributed by atoms with E-state index in [9.17, 15) is 13.2 Å². The molecule has 0 spiro atoms. The molecule has 0 saturated heterocycles. The van der Waals surface area contributed by atoms with Crippen molar-refractivity contribution >= 4 is 27.3 Å². The first-order chi connectivity index (χ1) is 10.4. The topological polar surface area (TPSA) is 66.5 Å². The van der Waals surface area contributed by atoms with E-state index in [1.54, 1.807) is 29.5 Å². The van der Waals surface area contributed by atoms with E-state index in [0.29, 0.717) is 0 Å². The summed E-state index contributed by atoms with van der Waals surface area (Å²) in [5.74, 6) is -0.331. The molecule has 0 bridgehead atoms. The van der Waals surface area contributed by atoms with Crippen molar-refractivity contribution in [3.63, 3.8) is 0 Å². The Labute approximate surface area is 134 Å². The van der Waals surface area contributed by atoms with Gasteiger partial charge in [-0.15, -0.1) is 11.3 Å². The Hall–Kier alpha value is -1.70. The van der Waals surface area contributed by atoms with Crippen LogP contribution < -0.4 is 5.32 Å². The largest absolute Gasteiger partial charge is 0.348 e. The predicted octanol–water partition coefficient (Wildman–Crippen LogP) is 2.25. The fourth-order valence-electron chi connectivity index (χ4n) is 1.96. The molecular formula is C15H18N2O3S2. The third kappa shape index (κ3) is 3.94. The number of nitrogens with zero attached hydrogens (tertiary/aromatic N) is 1. The summed E-state index contributed by atoms with van der Waals surface area (Å²) < 4.78 is 25.7. The van der Waals surface area contributed by atoms with Crippen molar-refractivity contribution in [3.05, 3.63) is 52.7 Å². The Balaban J connectivity index is 1.99. The molecule has 1 heterocycles. The van der Waals surface area contributed by atoms with Crippen LogP contribution in [0.4, 0.5) is 0 Å². The van der Waals surface area contributed by atoms with Gasteiger partial charge in [-0.25, -0.2) is 8.42 Å². The maximum absolute atomic E-state index is 12.3. The lowest BCUT2D eigenvalue weighted by molar-refractivity contribution is -0.121. The van der Waals surface area contributed by atoms with Crippen LogP contribution in [0.3, 0.4) is 0 Å². The third-order valence-corrected chi connectivity index (χ3v) is 6.04. The summed E-state index contributed by atoms with van der Waals surface area (Å²) in [5.41, 5.74) is 0. The summed E-state index contributed by atoms with van der Waals surface area (Å²) in [5, 5.41) is 4.74.